The zero-order chi connectivity index (χ0) is 11.9. The summed E-state index contributed by atoms with van der Waals surface area (Å²) < 4.78 is 0. The number of rotatable bonds is 3. The summed E-state index contributed by atoms with van der Waals surface area (Å²) in [6.45, 7) is 0. The van der Waals surface area contributed by atoms with Crippen LogP contribution in [0.15, 0.2) is 60.0 Å². The van der Waals surface area contributed by atoms with Gasteiger partial charge in [0.15, 0.2) is 0 Å². The average Bonchev–Trinajstić information content (AvgIpc) is 2.41. The number of hydrogen-bond acceptors (Lipinski definition) is 3. The molecule has 0 radical (unpaired) electrons. The highest BCUT2D eigenvalue weighted by Gasteiger charge is 2.00. The summed E-state index contributed by atoms with van der Waals surface area (Å²) in [6, 6.07) is 12.5. The molecule has 0 saturated carbocycles. The lowest BCUT2D eigenvalue weighted by molar-refractivity contribution is 0.0955. The lowest BCUT2D eigenvalue weighted by atomic mass is 10.2. The Morgan fingerprint density at radius 3 is 2.53 bits per heavy atom. The maximum absolute atomic E-state index is 11.6. The molecule has 1 amide bonds. The van der Waals surface area contributed by atoms with E-state index in [0.29, 0.717) is 5.56 Å². The molecule has 0 bridgehead atoms. The fraction of sp³-hybridized carbons (Fsp3) is 0. The number of carbonyl (C=O) groups is 1. The lowest BCUT2D eigenvalue weighted by Crippen LogP contribution is -2.17. The van der Waals surface area contributed by atoms with Crippen molar-refractivity contribution in [3.05, 3.63) is 66.0 Å². The third kappa shape index (κ3) is 3.24. The summed E-state index contributed by atoms with van der Waals surface area (Å²) in [4.78, 5) is 15.5. The normalized spacial score (nSPS) is 10.4. The maximum atomic E-state index is 11.6. The molecule has 4 nitrogen and oxygen atoms in total. The molecule has 0 unspecified atom stereocenters. The Balaban J connectivity index is 1.95. The van der Waals surface area contributed by atoms with Crippen molar-refractivity contribution in [1.82, 2.24) is 10.4 Å². The number of nitrogens with zero attached hydrogens (tertiary/aromatic N) is 2. The highest BCUT2D eigenvalue weighted by atomic mass is 16.2. The molecule has 2 rings (SSSR count). The molecule has 1 aromatic heterocycles. The number of benzene rings is 1. The number of aromatic nitrogens is 1. The van der Waals surface area contributed by atoms with Gasteiger partial charge in [-0.2, -0.15) is 5.10 Å². The van der Waals surface area contributed by atoms with Crippen LogP contribution in [-0.2, 0) is 0 Å². The zero-order valence-electron chi connectivity index (χ0n) is 9.08. The maximum Gasteiger partial charge on any atom is 0.271 e. The van der Waals surface area contributed by atoms with Crippen LogP contribution < -0.4 is 5.43 Å². The predicted octanol–water partition coefficient (Wildman–Crippen LogP) is 1.85. The molecule has 2 aromatic rings. The van der Waals surface area contributed by atoms with E-state index in [1.807, 2.05) is 18.2 Å². The van der Waals surface area contributed by atoms with Crippen molar-refractivity contribution >= 4 is 12.1 Å². The van der Waals surface area contributed by atoms with Crippen LogP contribution in [0.25, 0.3) is 0 Å². The molecule has 0 spiro atoms. The monoisotopic (exact) mass is 225 g/mol. The summed E-state index contributed by atoms with van der Waals surface area (Å²) in [5, 5.41) is 3.87. The van der Waals surface area contributed by atoms with E-state index in [9.17, 15) is 4.79 Å². The van der Waals surface area contributed by atoms with Crippen molar-refractivity contribution in [2.24, 2.45) is 5.10 Å². The van der Waals surface area contributed by atoms with Gasteiger partial charge in [0.1, 0.15) is 0 Å². The third-order valence-electron chi connectivity index (χ3n) is 2.12. The number of amides is 1. The number of nitrogens with one attached hydrogen (secondary N) is 1. The van der Waals surface area contributed by atoms with Crippen molar-refractivity contribution in [2.45, 2.75) is 0 Å². The third-order valence-corrected chi connectivity index (χ3v) is 2.12. The molecule has 0 aliphatic heterocycles. The first-order valence-corrected chi connectivity index (χ1v) is 5.15. The van der Waals surface area contributed by atoms with Gasteiger partial charge in [0, 0.05) is 18.0 Å². The largest absolute Gasteiger partial charge is 0.271 e. The molecular formula is C13H11N3O. The Labute approximate surface area is 99.0 Å². The summed E-state index contributed by atoms with van der Waals surface area (Å²) in [5.41, 5.74) is 3.92. The molecule has 0 atom stereocenters. The first-order valence-electron chi connectivity index (χ1n) is 5.15. The van der Waals surface area contributed by atoms with Crippen molar-refractivity contribution < 1.29 is 4.79 Å². The van der Waals surface area contributed by atoms with E-state index in [0.717, 1.165) is 5.56 Å². The predicted molar refractivity (Wildman–Crippen MR) is 65.7 cm³/mol. The molecule has 1 aromatic carbocycles. The number of pyridine rings is 1. The van der Waals surface area contributed by atoms with Crippen molar-refractivity contribution in [3.63, 3.8) is 0 Å². The van der Waals surface area contributed by atoms with Gasteiger partial charge in [0.05, 0.1) is 6.21 Å². The summed E-state index contributed by atoms with van der Waals surface area (Å²) >= 11 is 0. The van der Waals surface area contributed by atoms with E-state index in [1.54, 1.807) is 42.9 Å². The summed E-state index contributed by atoms with van der Waals surface area (Å²) in [6.07, 6.45) is 4.91. The molecule has 0 saturated heterocycles. The SMILES string of the molecule is O=C(N/N=C\c1ccncc1)c1ccccc1. The van der Waals surface area contributed by atoms with Gasteiger partial charge in [0.2, 0.25) is 0 Å². The Morgan fingerprint density at radius 1 is 1.12 bits per heavy atom. The molecule has 0 fully saturated rings. The van der Waals surface area contributed by atoms with E-state index in [4.69, 9.17) is 0 Å². The Bertz CT molecular complexity index is 509. The van der Waals surface area contributed by atoms with E-state index in [2.05, 4.69) is 15.5 Å². The summed E-state index contributed by atoms with van der Waals surface area (Å²) in [5.74, 6) is -0.226. The molecule has 4 heteroatoms. The highest BCUT2D eigenvalue weighted by Crippen LogP contribution is 1.97. The number of carbonyl (C=O) groups excluding carboxylic acids is 1. The van der Waals surface area contributed by atoms with Crippen molar-refractivity contribution in [1.29, 1.82) is 0 Å². The van der Waals surface area contributed by atoms with Crippen LogP contribution >= 0.6 is 0 Å². The van der Waals surface area contributed by atoms with Crippen molar-refractivity contribution in [3.8, 4) is 0 Å². The summed E-state index contributed by atoms with van der Waals surface area (Å²) in [7, 11) is 0. The van der Waals surface area contributed by atoms with Crippen LogP contribution in [-0.4, -0.2) is 17.1 Å². The Hall–Kier alpha value is -2.49. The van der Waals surface area contributed by atoms with Gasteiger partial charge < -0.3 is 0 Å². The second kappa shape index (κ2) is 5.55. The van der Waals surface area contributed by atoms with Crippen LogP contribution in [0.5, 0.6) is 0 Å². The standard InChI is InChI=1S/C13H11N3O/c17-13(12-4-2-1-3-5-12)16-15-10-11-6-8-14-9-7-11/h1-10H,(H,16,17)/b15-10-. The minimum absolute atomic E-state index is 0.226. The molecule has 17 heavy (non-hydrogen) atoms. The first kappa shape index (κ1) is 11.0. The van der Waals surface area contributed by atoms with Gasteiger partial charge in [0.25, 0.3) is 5.91 Å². The Morgan fingerprint density at radius 2 is 1.82 bits per heavy atom. The second-order valence-corrected chi connectivity index (χ2v) is 3.35. The van der Waals surface area contributed by atoms with Crippen molar-refractivity contribution in [2.75, 3.05) is 0 Å². The minimum atomic E-state index is -0.226. The first-order chi connectivity index (χ1) is 8.36. The molecule has 0 aliphatic rings. The van der Waals surface area contributed by atoms with Gasteiger partial charge in [-0.3, -0.25) is 9.78 Å². The van der Waals surface area contributed by atoms with Crippen LogP contribution in [0.4, 0.5) is 0 Å². The number of hydrogen-bond donors (Lipinski definition) is 1. The Kier molecular flexibility index (Phi) is 3.60. The van der Waals surface area contributed by atoms with Gasteiger partial charge >= 0.3 is 0 Å². The second-order valence-electron chi connectivity index (χ2n) is 3.35. The zero-order valence-corrected chi connectivity index (χ0v) is 9.08. The van der Waals surface area contributed by atoms with Gasteiger partial charge in [-0.15, -0.1) is 0 Å². The quantitative estimate of drug-likeness (QED) is 0.640. The molecule has 1 heterocycles. The lowest BCUT2D eigenvalue weighted by Gasteiger charge is -1.98. The fourth-order valence-corrected chi connectivity index (χ4v) is 1.27. The average molecular weight is 225 g/mol. The van der Waals surface area contributed by atoms with Crippen LogP contribution in [0, 0.1) is 0 Å². The van der Waals surface area contributed by atoms with Gasteiger partial charge in [-0.25, -0.2) is 5.43 Å². The fourth-order valence-electron chi connectivity index (χ4n) is 1.27. The van der Waals surface area contributed by atoms with E-state index in [1.165, 1.54) is 0 Å². The van der Waals surface area contributed by atoms with E-state index in [-0.39, 0.29) is 5.91 Å². The van der Waals surface area contributed by atoms with Gasteiger partial charge in [-0.05, 0) is 29.8 Å². The number of hydrazone groups is 1. The van der Waals surface area contributed by atoms with Crippen LogP contribution in [0.2, 0.25) is 0 Å². The molecule has 0 aliphatic carbocycles. The molecular weight excluding hydrogens is 214 g/mol. The van der Waals surface area contributed by atoms with Gasteiger partial charge in [-0.1, -0.05) is 18.2 Å². The molecule has 1 N–H and O–H groups in total. The van der Waals surface area contributed by atoms with Crippen LogP contribution in [0.1, 0.15) is 15.9 Å². The minimum Gasteiger partial charge on any atom is -0.267 e. The van der Waals surface area contributed by atoms with E-state index >= 15 is 0 Å². The topological polar surface area (TPSA) is 54.4 Å². The van der Waals surface area contributed by atoms with E-state index < -0.39 is 0 Å². The molecule has 84 valence electrons. The highest BCUT2D eigenvalue weighted by molar-refractivity contribution is 5.94. The van der Waals surface area contributed by atoms with Crippen LogP contribution in [0.3, 0.4) is 0 Å². The smallest absolute Gasteiger partial charge is 0.267 e.